The minimum Gasteiger partial charge on any atom is -0.364 e. The van der Waals surface area contributed by atoms with E-state index in [1.165, 1.54) is 4.90 Å². The number of piperidine rings is 1. The number of carbonyl (C=O) groups is 2. The molecule has 132 valence electrons. The molecule has 1 aromatic carbocycles. The number of primary amides is 1. The number of benzene rings is 1. The van der Waals surface area contributed by atoms with Gasteiger partial charge in [0.1, 0.15) is 5.69 Å². The van der Waals surface area contributed by atoms with E-state index in [4.69, 9.17) is 5.73 Å². The Bertz CT molecular complexity index is 724. The van der Waals surface area contributed by atoms with Crippen molar-refractivity contribution in [2.24, 2.45) is 5.73 Å². The van der Waals surface area contributed by atoms with Crippen LogP contribution in [0.25, 0.3) is 0 Å². The molecule has 1 aliphatic heterocycles. The summed E-state index contributed by atoms with van der Waals surface area (Å²) in [4.78, 5) is 26.6. The molecule has 0 aliphatic carbocycles. The van der Waals surface area contributed by atoms with Crippen molar-refractivity contribution >= 4 is 23.6 Å². The highest BCUT2D eigenvalue weighted by atomic mass is 32.2. The number of nitrogens with one attached hydrogen (secondary N) is 1. The fourth-order valence-electron chi connectivity index (χ4n) is 3.04. The zero-order chi connectivity index (χ0) is 17.6. The first-order chi connectivity index (χ1) is 12.1. The number of hydrogen-bond donors (Lipinski definition) is 2. The molecule has 1 saturated heterocycles. The predicted molar refractivity (Wildman–Crippen MR) is 97.4 cm³/mol. The number of thioether (sulfide) groups is 1. The van der Waals surface area contributed by atoms with E-state index in [0.29, 0.717) is 12.3 Å². The maximum atomic E-state index is 12.4. The molecular formula is C18H22N4O2S. The number of aromatic nitrogens is 2. The molecule has 7 heteroatoms. The molecule has 1 aromatic heterocycles. The van der Waals surface area contributed by atoms with Crippen LogP contribution < -0.4 is 5.73 Å². The second-order valence-electron chi connectivity index (χ2n) is 6.14. The lowest BCUT2D eigenvalue weighted by molar-refractivity contribution is -0.131. The van der Waals surface area contributed by atoms with Crippen LogP contribution in [0.3, 0.4) is 0 Å². The van der Waals surface area contributed by atoms with Crippen LogP contribution in [-0.4, -0.2) is 45.8 Å². The highest BCUT2D eigenvalue weighted by Crippen LogP contribution is 2.27. The van der Waals surface area contributed by atoms with Gasteiger partial charge in [0.2, 0.25) is 5.91 Å². The van der Waals surface area contributed by atoms with Crippen molar-refractivity contribution in [1.82, 2.24) is 15.1 Å². The smallest absolute Gasteiger partial charge is 0.269 e. The second kappa shape index (κ2) is 8.20. The Kier molecular flexibility index (Phi) is 5.75. The van der Waals surface area contributed by atoms with Crippen LogP contribution >= 0.6 is 11.8 Å². The molecule has 0 unspecified atom stereocenters. The van der Waals surface area contributed by atoms with Crippen molar-refractivity contribution in [3.05, 3.63) is 47.8 Å². The largest absolute Gasteiger partial charge is 0.364 e. The van der Waals surface area contributed by atoms with Crippen molar-refractivity contribution in [3.63, 3.8) is 0 Å². The number of rotatable bonds is 6. The van der Waals surface area contributed by atoms with E-state index in [0.717, 1.165) is 37.4 Å². The number of H-pyrrole nitrogens is 1. The van der Waals surface area contributed by atoms with Gasteiger partial charge < -0.3 is 10.6 Å². The molecule has 6 nitrogen and oxygen atoms in total. The third kappa shape index (κ3) is 4.63. The average Bonchev–Trinajstić information content (AvgIpc) is 3.13. The lowest BCUT2D eigenvalue weighted by atomic mass is 9.93. The van der Waals surface area contributed by atoms with E-state index >= 15 is 0 Å². The third-order valence-corrected chi connectivity index (χ3v) is 5.48. The van der Waals surface area contributed by atoms with Crippen LogP contribution in [0.4, 0.5) is 0 Å². The number of nitrogens with zero attached hydrogens (tertiary/aromatic N) is 2. The summed E-state index contributed by atoms with van der Waals surface area (Å²) in [5, 5.41) is 6.83. The lowest BCUT2D eigenvalue weighted by Gasteiger charge is -2.31. The van der Waals surface area contributed by atoms with E-state index in [2.05, 4.69) is 22.3 Å². The first kappa shape index (κ1) is 17.5. The van der Waals surface area contributed by atoms with Crippen LogP contribution in [0, 0.1) is 0 Å². The number of carbonyl (C=O) groups excluding carboxylic acids is 2. The van der Waals surface area contributed by atoms with Crippen molar-refractivity contribution < 1.29 is 9.59 Å². The van der Waals surface area contributed by atoms with E-state index in [9.17, 15) is 9.59 Å². The Hall–Kier alpha value is -2.28. The van der Waals surface area contributed by atoms with Crippen LogP contribution in [0.2, 0.25) is 0 Å². The molecule has 2 heterocycles. The van der Waals surface area contributed by atoms with Gasteiger partial charge in [0.25, 0.3) is 5.91 Å². The van der Waals surface area contributed by atoms with Gasteiger partial charge in [-0.25, -0.2) is 0 Å². The lowest BCUT2D eigenvalue weighted by Crippen LogP contribution is -2.38. The highest BCUT2D eigenvalue weighted by Gasteiger charge is 2.25. The summed E-state index contributed by atoms with van der Waals surface area (Å²) in [5.41, 5.74) is 6.43. The molecule has 1 aliphatic rings. The van der Waals surface area contributed by atoms with Gasteiger partial charge in [-0.3, -0.25) is 14.7 Å². The normalized spacial score (nSPS) is 15.3. The van der Waals surface area contributed by atoms with Crippen LogP contribution in [0.1, 0.15) is 41.4 Å². The Morgan fingerprint density at radius 3 is 2.60 bits per heavy atom. The van der Waals surface area contributed by atoms with Gasteiger partial charge in [-0.05, 0) is 31.0 Å². The Morgan fingerprint density at radius 2 is 1.96 bits per heavy atom. The maximum absolute atomic E-state index is 12.4. The van der Waals surface area contributed by atoms with E-state index < -0.39 is 5.91 Å². The van der Waals surface area contributed by atoms with E-state index in [1.807, 2.05) is 23.1 Å². The molecule has 0 spiro atoms. The number of likely N-dealkylation sites (tertiary alicyclic amines) is 1. The number of hydrogen-bond acceptors (Lipinski definition) is 4. The van der Waals surface area contributed by atoms with Crippen LogP contribution in [0.15, 0.2) is 41.3 Å². The molecule has 2 amide bonds. The summed E-state index contributed by atoms with van der Waals surface area (Å²) in [6.07, 6.45) is 2.30. The summed E-state index contributed by atoms with van der Waals surface area (Å²) in [7, 11) is 0. The Balaban J connectivity index is 1.43. The molecule has 3 rings (SSSR count). The summed E-state index contributed by atoms with van der Waals surface area (Å²) in [6, 6.07) is 11.9. The van der Waals surface area contributed by atoms with Gasteiger partial charge in [-0.1, -0.05) is 18.2 Å². The molecule has 2 aromatic rings. The highest BCUT2D eigenvalue weighted by molar-refractivity contribution is 7.99. The number of amides is 2. The van der Waals surface area contributed by atoms with Gasteiger partial charge in [-0.15, -0.1) is 11.8 Å². The van der Waals surface area contributed by atoms with Gasteiger partial charge in [0.15, 0.2) is 0 Å². The number of aromatic amines is 1. The molecule has 0 radical (unpaired) electrons. The first-order valence-electron chi connectivity index (χ1n) is 8.44. The van der Waals surface area contributed by atoms with Crippen molar-refractivity contribution in [2.75, 3.05) is 18.8 Å². The van der Waals surface area contributed by atoms with Gasteiger partial charge >= 0.3 is 0 Å². The summed E-state index contributed by atoms with van der Waals surface area (Å²) in [6.45, 7) is 1.48. The van der Waals surface area contributed by atoms with Gasteiger partial charge in [-0.2, -0.15) is 5.10 Å². The monoisotopic (exact) mass is 358 g/mol. The minimum atomic E-state index is -0.522. The Morgan fingerprint density at radius 1 is 1.24 bits per heavy atom. The molecule has 0 saturated carbocycles. The predicted octanol–water partition coefficient (Wildman–Crippen LogP) is 2.40. The van der Waals surface area contributed by atoms with Gasteiger partial charge in [0.05, 0.1) is 0 Å². The summed E-state index contributed by atoms with van der Waals surface area (Å²) in [5.74, 6) is 0.782. The second-order valence-corrected chi connectivity index (χ2v) is 7.31. The average molecular weight is 358 g/mol. The molecule has 3 N–H and O–H groups in total. The van der Waals surface area contributed by atoms with Crippen molar-refractivity contribution in [3.8, 4) is 0 Å². The zero-order valence-corrected chi connectivity index (χ0v) is 14.8. The summed E-state index contributed by atoms with van der Waals surface area (Å²) >= 11 is 1.71. The van der Waals surface area contributed by atoms with Crippen LogP contribution in [-0.2, 0) is 4.79 Å². The van der Waals surface area contributed by atoms with Crippen molar-refractivity contribution in [1.29, 1.82) is 0 Å². The maximum Gasteiger partial charge on any atom is 0.269 e. The van der Waals surface area contributed by atoms with E-state index in [1.54, 1.807) is 17.8 Å². The third-order valence-electron chi connectivity index (χ3n) is 4.47. The fraction of sp³-hybridized carbons (Fsp3) is 0.389. The van der Waals surface area contributed by atoms with E-state index in [-0.39, 0.29) is 11.6 Å². The first-order valence-corrected chi connectivity index (χ1v) is 9.43. The SMILES string of the molecule is NC(=O)c1cc(C2CCN(C(=O)CCSc3ccccc3)CC2)[nH]n1. The quantitative estimate of drug-likeness (QED) is 0.776. The fourth-order valence-corrected chi connectivity index (χ4v) is 3.90. The summed E-state index contributed by atoms with van der Waals surface area (Å²) < 4.78 is 0. The minimum absolute atomic E-state index is 0.212. The topological polar surface area (TPSA) is 92.1 Å². The molecule has 0 atom stereocenters. The van der Waals surface area contributed by atoms with Crippen molar-refractivity contribution in [2.45, 2.75) is 30.1 Å². The Labute approximate surface area is 151 Å². The standard InChI is InChI=1S/C18H22N4O2S/c19-18(24)16-12-15(20-21-16)13-6-9-22(10-7-13)17(23)8-11-25-14-4-2-1-3-5-14/h1-5,12-13H,6-11H2,(H2,19,24)(H,20,21). The molecule has 0 bridgehead atoms. The zero-order valence-electron chi connectivity index (χ0n) is 14.0. The molecule has 25 heavy (non-hydrogen) atoms. The van der Waals surface area contributed by atoms with Gasteiger partial charge in [0, 0.05) is 41.8 Å². The number of nitrogens with two attached hydrogens (primary N) is 1. The molecule has 1 fully saturated rings. The van der Waals surface area contributed by atoms with Crippen LogP contribution in [0.5, 0.6) is 0 Å². The molecular weight excluding hydrogens is 336 g/mol.